The van der Waals surface area contributed by atoms with Crippen molar-refractivity contribution in [2.24, 2.45) is 20.5 Å². The zero-order chi connectivity index (χ0) is 23.8. The highest BCUT2D eigenvalue weighted by Gasteiger charge is 2.14. The third-order valence-electron chi connectivity index (χ3n) is 5.59. The zero-order valence-electron chi connectivity index (χ0n) is 18.4. The Morgan fingerprint density at radius 1 is 0.735 bits per heavy atom. The van der Waals surface area contributed by atoms with Gasteiger partial charge in [-0.3, -0.25) is 4.79 Å². The first-order valence-electron chi connectivity index (χ1n) is 10.5. The van der Waals surface area contributed by atoms with Crippen LogP contribution < -0.4 is 0 Å². The minimum absolute atomic E-state index is 0.0807. The highest BCUT2D eigenvalue weighted by molar-refractivity contribution is 5.98. The van der Waals surface area contributed by atoms with Gasteiger partial charge in [-0.05, 0) is 43.2 Å². The maximum absolute atomic E-state index is 12.6. The molecule has 0 saturated heterocycles. The number of aromatic nitrogens is 2. The van der Waals surface area contributed by atoms with Gasteiger partial charge in [0, 0.05) is 16.3 Å². The topological polar surface area (TPSA) is 139 Å². The lowest BCUT2D eigenvalue weighted by atomic mass is 10.1. The van der Waals surface area contributed by atoms with Gasteiger partial charge in [0.15, 0.2) is 11.4 Å². The van der Waals surface area contributed by atoms with Crippen LogP contribution in [-0.4, -0.2) is 26.1 Å². The van der Waals surface area contributed by atoms with Gasteiger partial charge in [0.2, 0.25) is 11.8 Å². The molecule has 0 saturated carbocycles. The van der Waals surface area contributed by atoms with Gasteiger partial charge in [-0.1, -0.05) is 42.5 Å². The maximum Gasteiger partial charge on any atom is 0.295 e. The molecule has 0 unspecified atom stereocenters. The normalized spacial score (nSPS) is 11.9. The Bertz CT molecular complexity index is 1630. The van der Waals surface area contributed by atoms with E-state index in [1.807, 2.05) is 44.2 Å². The number of hydrogen-bond acceptors (Lipinski definition) is 6. The SMILES string of the molecule is Cc1cccc2c(N=NC(=O)c3cccc(N=Nc4c(O)[nH]c5c(C)cccc45)c3)c(O)[nH]c12. The standard InChI is InChI=1S/C25H20N6O3/c1-13-6-3-10-17-19(13)26-24(33)21(17)29-28-16-9-5-8-15(12-16)23(32)31-30-22-18-11-4-7-14(2)20(18)27-25(22)34/h3-12,26-27,33-34H,1-2H3. The van der Waals surface area contributed by atoms with Gasteiger partial charge in [-0.2, -0.15) is 5.11 Å². The number of aromatic amines is 2. The van der Waals surface area contributed by atoms with Crippen molar-refractivity contribution in [2.45, 2.75) is 13.8 Å². The molecule has 34 heavy (non-hydrogen) atoms. The van der Waals surface area contributed by atoms with Crippen molar-refractivity contribution >= 4 is 44.8 Å². The van der Waals surface area contributed by atoms with E-state index in [1.54, 1.807) is 24.3 Å². The van der Waals surface area contributed by atoms with E-state index in [0.29, 0.717) is 16.8 Å². The molecule has 1 amide bonds. The van der Waals surface area contributed by atoms with Crippen LogP contribution in [0, 0.1) is 13.8 Å². The first kappa shape index (κ1) is 21.1. The molecule has 5 rings (SSSR count). The van der Waals surface area contributed by atoms with Crippen molar-refractivity contribution in [1.82, 2.24) is 9.97 Å². The van der Waals surface area contributed by atoms with Crippen LogP contribution in [-0.2, 0) is 0 Å². The van der Waals surface area contributed by atoms with Crippen LogP contribution in [0.4, 0.5) is 17.1 Å². The molecule has 4 N–H and O–H groups in total. The predicted octanol–water partition coefficient (Wildman–Crippen LogP) is 7.02. The summed E-state index contributed by atoms with van der Waals surface area (Å²) in [5.41, 5.74) is 4.63. The van der Waals surface area contributed by atoms with Gasteiger partial charge in [0.05, 0.1) is 16.7 Å². The van der Waals surface area contributed by atoms with Gasteiger partial charge >= 0.3 is 0 Å². The molecule has 5 aromatic rings. The monoisotopic (exact) mass is 452 g/mol. The van der Waals surface area contributed by atoms with Crippen molar-refractivity contribution in [1.29, 1.82) is 0 Å². The molecule has 0 fully saturated rings. The third kappa shape index (κ3) is 3.69. The molecule has 0 aliphatic carbocycles. The second-order valence-corrected chi connectivity index (χ2v) is 7.89. The van der Waals surface area contributed by atoms with Crippen LogP contribution in [0.25, 0.3) is 21.8 Å². The summed E-state index contributed by atoms with van der Waals surface area (Å²) in [5, 5.41) is 38.0. The van der Waals surface area contributed by atoms with Crippen LogP contribution in [0.3, 0.4) is 0 Å². The molecule has 9 nitrogen and oxygen atoms in total. The molecule has 2 heterocycles. The van der Waals surface area contributed by atoms with E-state index < -0.39 is 5.91 Å². The van der Waals surface area contributed by atoms with Crippen LogP contribution in [0.15, 0.2) is 81.1 Å². The summed E-state index contributed by atoms with van der Waals surface area (Å²) in [6.45, 7) is 3.83. The summed E-state index contributed by atoms with van der Waals surface area (Å²) < 4.78 is 0. The van der Waals surface area contributed by atoms with Crippen molar-refractivity contribution in [3.63, 3.8) is 0 Å². The third-order valence-corrected chi connectivity index (χ3v) is 5.59. The molecule has 0 bridgehead atoms. The Morgan fingerprint density at radius 3 is 1.91 bits per heavy atom. The molecule has 168 valence electrons. The van der Waals surface area contributed by atoms with Gasteiger partial charge in [-0.25, -0.2) is 0 Å². The number of azo groups is 2. The number of rotatable bonds is 4. The summed E-state index contributed by atoms with van der Waals surface area (Å²) in [7, 11) is 0. The quantitative estimate of drug-likeness (QED) is 0.218. The minimum Gasteiger partial charge on any atom is -0.493 e. The van der Waals surface area contributed by atoms with E-state index >= 15 is 0 Å². The lowest BCUT2D eigenvalue weighted by molar-refractivity contribution is 0.0995. The lowest BCUT2D eigenvalue weighted by Crippen LogP contribution is -1.92. The fourth-order valence-electron chi connectivity index (χ4n) is 3.84. The smallest absolute Gasteiger partial charge is 0.295 e. The number of amides is 1. The minimum atomic E-state index is -0.594. The van der Waals surface area contributed by atoms with E-state index in [1.165, 1.54) is 6.07 Å². The number of fused-ring (bicyclic) bond motifs is 2. The van der Waals surface area contributed by atoms with E-state index in [2.05, 4.69) is 30.4 Å². The molecular formula is C25H20N6O3. The first-order valence-corrected chi connectivity index (χ1v) is 10.5. The fourth-order valence-corrected chi connectivity index (χ4v) is 3.84. The molecule has 0 atom stereocenters. The molecule has 0 radical (unpaired) electrons. The Labute approximate surface area is 193 Å². The number of carbonyl (C=O) groups is 1. The van der Waals surface area contributed by atoms with Gasteiger partial charge in [-0.15, -0.1) is 15.3 Å². The van der Waals surface area contributed by atoms with E-state index in [9.17, 15) is 15.0 Å². The molecule has 9 heteroatoms. The summed E-state index contributed by atoms with van der Waals surface area (Å²) in [4.78, 5) is 18.4. The lowest BCUT2D eigenvalue weighted by Gasteiger charge is -1.98. The first-order chi connectivity index (χ1) is 16.4. The number of benzene rings is 3. The van der Waals surface area contributed by atoms with Gasteiger partial charge in [0.25, 0.3) is 5.91 Å². The fraction of sp³-hybridized carbons (Fsp3) is 0.0800. The largest absolute Gasteiger partial charge is 0.493 e. The molecule has 3 aromatic carbocycles. The molecular weight excluding hydrogens is 432 g/mol. The number of aromatic hydroxyl groups is 2. The van der Waals surface area contributed by atoms with E-state index in [4.69, 9.17) is 0 Å². The molecule has 0 spiro atoms. The molecule has 2 aromatic heterocycles. The Morgan fingerprint density at radius 2 is 1.29 bits per heavy atom. The summed E-state index contributed by atoms with van der Waals surface area (Å²) in [5.74, 6) is -0.830. The summed E-state index contributed by atoms with van der Waals surface area (Å²) in [6.07, 6.45) is 0. The van der Waals surface area contributed by atoms with Crippen molar-refractivity contribution in [3.8, 4) is 11.8 Å². The summed E-state index contributed by atoms with van der Waals surface area (Å²) in [6, 6.07) is 17.6. The number of hydrogen-bond donors (Lipinski definition) is 4. The molecule has 0 aliphatic rings. The van der Waals surface area contributed by atoms with Gasteiger partial charge < -0.3 is 20.2 Å². The van der Waals surface area contributed by atoms with Crippen molar-refractivity contribution in [2.75, 3.05) is 0 Å². The highest BCUT2D eigenvalue weighted by atomic mass is 16.3. The number of H-pyrrole nitrogens is 2. The number of nitrogens with zero attached hydrogens (tertiary/aromatic N) is 4. The number of aryl methyl sites for hydroxylation is 2. The Kier molecular flexibility index (Phi) is 5.14. The average molecular weight is 452 g/mol. The predicted molar refractivity (Wildman–Crippen MR) is 129 cm³/mol. The summed E-state index contributed by atoms with van der Waals surface area (Å²) >= 11 is 0. The van der Waals surface area contributed by atoms with Crippen molar-refractivity contribution < 1.29 is 15.0 Å². The van der Waals surface area contributed by atoms with Crippen LogP contribution >= 0.6 is 0 Å². The van der Waals surface area contributed by atoms with Gasteiger partial charge in [0.1, 0.15) is 0 Å². The van der Waals surface area contributed by atoms with Crippen LogP contribution in [0.2, 0.25) is 0 Å². The van der Waals surface area contributed by atoms with Crippen molar-refractivity contribution in [3.05, 3.63) is 77.4 Å². The Balaban J connectivity index is 1.41. The number of para-hydroxylation sites is 2. The van der Waals surface area contributed by atoms with E-state index in [-0.39, 0.29) is 23.0 Å². The zero-order valence-corrected chi connectivity index (χ0v) is 18.4. The van der Waals surface area contributed by atoms with Crippen LogP contribution in [0.1, 0.15) is 21.5 Å². The van der Waals surface area contributed by atoms with Crippen LogP contribution in [0.5, 0.6) is 11.8 Å². The number of carbonyl (C=O) groups excluding carboxylic acids is 1. The second kappa shape index (κ2) is 8.28. The highest BCUT2D eigenvalue weighted by Crippen LogP contribution is 2.38. The number of nitrogens with one attached hydrogen (secondary N) is 2. The molecule has 0 aliphatic heterocycles. The Hall–Kier alpha value is -4.79. The average Bonchev–Trinajstić information content (AvgIpc) is 3.33. The van der Waals surface area contributed by atoms with E-state index in [0.717, 1.165) is 27.5 Å². The maximum atomic E-state index is 12.6. The second-order valence-electron chi connectivity index (χ2n) is 7.89.